The first-order valence-corrected chi connectivity index (χ1v) is 9.96. The van der Waals surface area contributed by atoms with Crippen molar-refractivity contribution in [3.05, 3.63) is 0 Å². The van der Waals surface area contributed by atoms with Gasteiger partial charge in [0.05, 0.1) is 0 Å². The Morgan fingerprint density at radius 2 is 1.68 bits per heavy atom. The number of hydrogen-bond acceptors (Lipinski definition) is 2. The molecule has 1 fully saturated rings. The molecule has 1 aliphatic heterocycles. The Balaban J connectivity index is 2.07. The lowest BCUT2D eigenvalue weighted by atomic mass is 9.95. The molecule has 0 amide bonds. The van der Waals surface area contributed by atoms with Crippen molar-refractivity contribution in [3.63, 3.8) is 0 Å². The number of hydrogen-bond donors (Lipinski definition) is 0. The zero-order valence-electron chi connectivity index (χ0n) is 16.1. The predicted octanol–water partition coefficient (Wildman–Crippen LogP) is 4.89. The Bertz CT molecular complexity index is 252. The van der Waals surface area contributed by atoms with Crippen LogP contribution in [0.5, 0.6) is 0 Å². The van der Waals surface area contributed by atoms with Gasteiger partial charge in [0.1, 0.15) is 0 Å². The van der Waals surface area contributed by atoms with Crippen LogP contribution in [-0.2, 0) is 0 Å². The molecule has 1 heterocycles. The van der Waals surface area contributed by atoms with E-state index in [4.69, 9.17) is 0 Å². The summed E-state index contributed by atoms with van der Waals surface area (Å²) in [5.41, 5.74) is 0. The van der Waals surface area contributed by atoms with Gasteiger partial charge in [-0.3, -0.25) is 0 Å². The van der Waals surface area contributed by atoms with Gasteiger partial charge in [0.15, 0.2) is 0 Å². The van der Waals surface area contributed by atoms with Crippen LogP contribution in [0, 0.1) is 17.8 Å². The largest absolute Gasteiger partial charge is 0.306 e. The van der Waals surface area contributed by atoms with E-state index in [-0.39, 0.29) is 0 Å². The quantitative estimate of drug-likeness (QED) is 0.501. The van der Waals surface area contributed by atoms with E-state index in [2.05, 4.69) is 44.5 Å². The van der Waals surface area contributed by atoms with Crippen molar-refractivity contribution in [1.82, 2.24) is 9.80 Å². The predicted molar refractivity (Wildman–Crippen MR) is 99.4 cm³/mol. The van der Waals surface area contributed by atoms with Crippen LogP contribution in [0.15, 0.2) is 0 Å². The first-order valence-electron chi connectivity index (χ1n) is 9.96. The molecular formula is C20H42N2. The van der Waals surface area contributed by atoms with Gasteiger partial charge in [-0.15, -0.1) is 0 Å². The van der Waals surface area contributed by atoms with Crippen LogP contribution in [0.1, 0.15) is 72.6 Å². The average Bonchev–Trinajstić information content (AvgIpc) is 2.48. The topological polar surface area (TPSA) is 6.48 Å². The van der Waals surface area contributed by atoms with Crippen LogP contribution in [0.25, 0.3) is 0 Å². The standard InChI is InChI=1S/C20H42N2/c1-6-19(7-2)10-8-9-13-22-14-11-20(12-15-22)17-21(5)16-18(3)4/h18-20H,6-17H2,1-5H3. The normalized spacial score (nSPS) is 18.0. The van der Waals surface area contributed by atoms with E-state index in [1.54, 1.807) is 0 Å². The molecule has 0 aliphatic carbocycles. The molecule has 1 saturated heterocycles. The SMILES string of the molecule is CCC(CC)CCCCN1CCC(CN(C)CC(C)C)CC1. The zero-order valence-corrected chi connectivity index (χ0v) is 16.1. The van der Waals surface area contributed by atoms with Gasteiger partial charge < -0.3 is 9.80 Å². The highest BCUT2D eigenvalue weighted by molar-refractivity contribution is 4.74. The second-order valence-electron chi connectivity index (χ2n) is 8.08. The van der Waals surface area contributed by atoms with Crippen LogP contribution >= 0.6 is 0 Å². The van der Waals surface area contributed by atoms with Gasteiger partial charge in [-0.05, 0) is 63.7 Å². The van der Waals surface area contributed by atoms with Crippen molar-refractivity contribution in [2.75, 3.05) is 39.8 Å². The van der Waals surface area contributed by atoms with Gasteiger partial charge in [0, 0.05) is 13.1 Å². The lowest BCUT2D eigenvalue weighted by Crippen LogP contribution is -2.38. The first-order chi connectivity index (χ1) is 10.5. The maximum atomic E-state index is 2.71. The smallest absolute Gasteiger partial charge is 0.000767 e. The summed E-state index contributed by atoms with van der Waals surface area (Å²) in [5, 5.41) is 0. The minimum Gasteiger partial charge on any atom is -0.306 e. The van der Waals surface area contributed by atoms with E-state index in [0.29, 0.717) is 0 Å². The van der Waals surface area contributed by atoms with Crippen LogP contribution in [0.3, 0.4) is 0 Å². The van der Waals surface area contributed by atoms with Crippen LogP contribution in [-0.4, -0.2) is 49.6 Å². The molecule has 0 radical (unpaired) electrons. The molecule has 0 aromatic rings. The molecule has 0 aromatic heterocycles. The van der Waals surface area contributed by atoms with E-state index in [1.165, 1.54) is 77.7 Å². The van der Waals surface area contributed by atoms with E-state index in [9.17, 15) is 0 Å². The van der Waals surface area contributed by atoms with Gasteiger partial charge in [-0.2, -0.15) is 0 Å². The summed E-state index contributed by atoms with van der Waals surface area (Å²) in [6, 6.07) is 0. The Labute approximate surface area is 140 Å². The van der Waals surface area contributed by atoms with Crippen LogP contribution in [0.2, 0.25) is 0 Å². The Kier molecular flexibility index (Phi) is 10.4. The van der Waals surface area contributed by atoms with Crippen molar-refractivity contribution in [1.29, 1.82) is 0 Å². The average molecular weight is 311 g/mol. The third-order valence-electron chi connectivity index (χ3n) is 5.45. The van der Waals surface area contributed by atoms with Gasteiger partial charge in [0.25, 0.3) is 0 Å². The van der Waals surface area contributed by atoms with Crippen molar-refractivity contribution in [2.45, 2.75) is 72.6 Å². The lowest BCUT2D eigenvalue weighted by molar-refractivity contribution is 0.147. The summed E-state index contributed by atoms with van der Waals surface area (Å²) in [6.07, 6.45) is 9.85. The number of piperidine rings is 1. The third-order valence-corrected chi connectivity index (χ3v) is 5.45. The maximum absolute atomic E-state index is 2.71. The molecule has 0 spiro atoms. The number of rotatable bonds is 11. The minimum absolute atomic E-state index is 0.792. The summed E-state index contributed by atoms with van der Waals surface area (Å²) in [5.74, 6) is 2.70. The Morgan fingerprint density at radius 3 is 2.23 bits per heavy atom. The summed E-state index contributed by atoms with van der Waals surface area (Å²) in [6.45, 7) is 15.9. The van der Waals surface area contributed by atoms with Gasteiger partial charge >= 0.3 is 0 Å². The summed E-state index contributed by atoms with van der Waals surface area (Å²) >= 11 is 0. The number of nitrogens with zero attached hydrogens (tertiary/aromatic N) is 2. The Morgan fingerprint density at radius 1 is 1.05 bits per heavy atom. The molecular weight excluding hydrogens is 268 g/mol. The van der Waals surface area contributed by atoms with Crippen molar-refractivity contribution in [3.8, 4) is 0 Å². The van der Waals surface area contributed by atoms with Gasteiger partial charge in [0.2, 0.25) is 0 Å². The molecule has 22 heavy (non-hydrogen) atoms. The summed E-state index contributed by atoms with van der Waals surface area (Å²) in [7, 11) is 2.30. The molecule has 1 aliphatic rings. The minimum atomic E-state index is 0.792. The molecule has 0 bridgehead atoms. The Hall–Kier alpha value is -0.0800. The van der Waals surface area contributed by atoms with Crippen LogP contribution < -0.4 is 0 Å². The highest BCUT2D eigenvalue weighted by Crippen LogP contribution is 2.20. The lowest BCUT2D eigenvalue weighted by Gasteiger charge is -2.34. The summed E-state index contributed by atoms with van der Waals surface area (Å²) < 4.78 is 0. The number of unbranched alkanes of at least 4 members (excludes halogenated alkanes) is 1. The molecule has 0 atom stereocenters. The highest BCUT2D eigenvalue weighted by Gasteiger charge is 2.20. The van der Waals surface area contributed by atoms with Crippen molar-refractivity contribution in [2.24, 2.45) is 17.8 Å². The highest BCUT2D eigenvalue weighted by atomic mass is 15.1. The van der Waals surface area contributed by atoms with E-state index in [0.717, 1.165) is 17.8 Å². The van der Waals surface area contributed by atoms with Crippen molar-refractivity contribution < 1.29 is 0 Å². The van der Waals surface area contributed by atoms with E-state index >= 15 is 0 Å². The second-order valence-corrected chi connectivity index (χ2v) is 8.08. The van der Waals surface area contributed by atoms with Gasteiger partial charge in [-0.25, -0.2) is 0 Å². The molecule has 0 aromatic carbocycles. The van der Waals surface area contributed by atoms with E-state index < -0.39 is 0 Å². The molecule has 0 unspecified atom stereocenters. The molecule has 2 heteroatoms. The van der Waals surface area contributed by atoms with E-state index in [1.807, 2.05) is 0 Å². The monoisotopic (exact) mass is 310 g/mol. The first kappa shape index (κ1) is 20.0. The molecule has 1 rings (SSSR count). The molecule has 2 nitrogen and oxygen atoms in total. The van der Waals surface area contributed by atoms with Crippen LogP contribution in [0.4, 0.5) is 0 Å². The number of likely N-dealkylation sites (tertiary alicyclic amines) is 1. The third kappa shape index (κ3) is 8.53. The molecule has 0 N–H and O–H groups in total. The fourth-order valence-electron chi connectivity index (χ4n) is 4.00. The van der Waals surface area contributed by atoms with Gasteiger partial charge in [-0.1, -0.05) is 53.4 Å². The fourth-order valence-corrected chi connectivity index (χ4v) is 4.00. The fraction of sp³-hybridized carbons (Fsp3) is 1.00. The second kappa shape index (κ2) is 11.5. The molecule has 0 saturated carbocycles. The van der Waals surface area contributed by atoms with Crippen molar-refractivity contribution >= 4 is 0 Å². The zero-order chi connectivity index (χ0) is 16.4. The molecule has 132 valence electrons. The maximum Gasteiger partial charge on any atom is 0.000767 e. The summed E-state index contributed by atoms with van der Waals surface area (Å²) in [4.78, 5) is 5.26.